The van der Waals surface area contributed by atoms with E-state index in [2.05, 4.69) is 15.3 Å². The van der Waals surface area contributed by atoms with Gasteiger partial charge in [-0.05, 0) is 29.3 Å². The van der Waals surface area contributed by atoms with Crippen molar-refractivity contribution in [2.75, 3.05) is 19.5 Å². The van der Waals surface area contributed by atoms with Crippen molar-refractivity contribution in [2.45, 2.75) is 6.42 Å². The first-order valence-electron chi connectivity index (χ1n) is 8.75. The fourth-order valence-corrected chi connectivity index (χ4v) is 2.54. The first-order valence-corrected chi connectivity index (χ1v) is 8.75. The SMILES string of the molecule is COc1ccc(CC(=O)Nc2nc(OC)cnc2/C=C\c2ccccc2)cc1. The molecule has 6 nitrogen and oxygen atoms in total. The van der Waals surface area contributed by atoms with E-state index in [9.17, 15) is 4.79 Å². The molecule has 0 spiro atoms. The number of carbonyl (C=O) groups excluding carboxylic acids is 1. The molecule has 6 heteroatoms. The number of nitrogens with zero attached hydrogens (tertiary/aromatic N) is 2. The maximum absolute atomic E-state index is 12.5. The van der Waals surface area contributed by atoms with Crippen LogP contribution in [0.3, 0.4) is 0 Å². The summed E-state index contributed by atoms with van der Waals surface area (Å²) >= 11 is 0. The lowest BCUT2D eigenvalue weighted by molar-refractivity contribution is -0.115. The molecule has 0 atom stereocenters. The summed E-state index contributed by atoms with van der Waals surface area (Å²) in [6.45, 7) is 0. The summed E-state index contributed by atoms with van der Waals surface area (Å²) in [6, 6.07) is 17.2. The molecule has 0 radical (unpaired) electrons. The summed E-state index contributed by atoms with van der Waals surface area (Å²) in [4.78, 5) is 21.2. The van der Waals surface area contributed by atoms with Crippen molar-refractivity contribution in [3.63, 3.8) is 0 Å². The quantitative estimate of drug-likeness (QED) is 0.679. The molecule has 1 heterocycles. The van der Waals surface area contributed by atoms with Gasteiger partial charge in [-0.1, -0.05) is 48.5 Å². The summed E-state index contributed by atoms with van der Waals surface area (Å²) in [5, 5.41) is 2.82. The number of rotatable bonds is 7. The normalized spacial score (nSPS) is 10.6. The Morgan fingerprint density at radius 3 is 2.43 bits per heavy atom. The van der Waals surface area contributed by atoms with Gasteiger partial charge in [-0.15, -0.1) is 0 Å². The van der Waals surface area contributed by atoms with Crippen molar-refractivity contribution in [3.05, 3.63) is 77.6 Å². The number of ether oxygens (including phenoxy) is 2. The highest BCUT2D eigenvalue weighted by molar-refractivity contribution is 5.93. The van der Waals surface area contributed by atoms with Gasteiger partial charge in [-0.25, -0.2) is 4.98 Å². The van der Waals surface area contributed by atoms with Gasteiger partial charge in [0.15, 0.2) is 5.82 Å². The van der Waals surface area contributed by atoms with E-state index in [0.717, 1.165) is 16.9 Å². The van der Waals surface area contributed by atoms with Gasteiger partial charge in [0.1, 0.15) is 11.4 Å². The van der Waals surface area contributed by atoms with Gasteiger partial charge in [0.2, 0.25) is 11.8 Å². The van der Waals surface area contributed by atoms with Gasteiger partial charge in [-0.3, -0.25) is 4.79 Å². The van der Waals surface area contributed by atoms with Crippen LogP contribution in [0.15, 0.2) is 60.8 Å². The fraction of sp³-hybridized carbons (Fsp3) is 0.136. The van der Waals surface area contributed by atoms with E-state index in [1.54, 1.807) is 7.11 Å². The Hall–Kier alpha value is -3.67. The Bertz CT molecular complexity index is 955. The lowest BCUT2D eigenvalue weighted by atomic mass is 10.1. The zero-order valence-corrected chi connectivity index (χ0v) is 15.8. The molecular formula is C22H21N3O3. The number of hydrogen-bond donors (Lipinski definition) is 1. The molecule has 3 rings (SSSR count). The highest BCUT2D eigenvalue weighted by Gasteiger charge is 2.11. The van der Waals surface area contributed by atoms with Crippen LogP contribution in [-0.4, -0.2) is 30.1 Å². The molecule has 0 aliphatic heterocycles. The zero-order valence-electron chi connectivity index (χ0n) is 15.8. The van der Waals surface area contributed by atoms with Crippen LogP contribution in [0.4, 0.5) is 5.82 Å². The van der Waals surface area contributed by atoms with Crippen molar-refractivity contribution >= 4 is 23.9 Å². The Labute approximate surface area is 163 Å². The molecule has 0 saturated carbocycles. The van der Waals surface area contributed by atoms with Crippen molar-refractivity contribution < 1.29 is 14.3 Å². The lowest BCUT2D eigenvalue weighted by Crippen LogP contribution is -2.17. The van der Waals surface area contributed by atoms with E-state index in [1.165, 1.54) is 13.3 Å². The van der Waals surface area contributed by atoms with E-state index in [0.29, 0.717) is 17.4 Å². The molecule has 3 aromatic rings. The number of aromatic nitrogens is 2. The molecule has 0 fully saturated rings. The fourth-order valence-electron chi connectivity index (χ4n) is 2.54. The summed E-state index contributed by atoms with van der Waals surface area (Å²) in [7, 11) is 3.11. The van der Waals surface area contributed by atoms with Crippen molar-refractivity contribution in [1.29, 1.82) is 0 Å². The van der Waals surface area contributed by atoms with Crippen LogP contribution in [0.1, 0.15) is 16.8 Å². The molecule has 142 valence electrons. The first kappa shape index (κ1) is 19.1. The van der Waals surface area contributed by atoms with Gasteiger partial charge in [0.05, 0.1) is 26.8 Å². The second-order valence-electron chi connectivity index (χ2n) is 5.96. The number of anilines is 1. The van der Waals surface area contributed by atoms with Gasteiger partial charge in [0.25, 0.3) is 0 Å². The van der Waals surface area contributed by atoms with E-state index < -0.39 is 0 Å². The minimum atomic E-state index is -0.193. The van der Waals surface area contributed by atoms with Crippen LogP contribution < -0.4 is 14.8 Å². The average Bonchev–Trinajstić information content (AvgIpc) is 2.74. The van der Waals surface area contributed by atoms with E-state index in [-0.39, 0.29) is 12.3 Å². The van der Waals surface area contributed by atoms with Crippen molar-refractivity contribution in [1.82, 2.24) is 9.97 Å². The Morgan fingerprint density at radius 2 is 1.75 bits per heavy atom. The second kappa shape index (κ2) is 9.32. The summed E-state index contributed by atoms with van der Waals surface area (Å²) < 4.78 is 10.3. The van der Waals surface area contributed by atoms with Crippen LogP contribution >= 0.6 is 0 Å². The van der Waals surface area contributed by atoms with Gasteiger partial charge in [0, 0.05) is 0 Å². The minimum absolute atomic E-state index is 0.193. The van der Waals surface area contributed by atoms with Gasteiger partial charge >= 0.3 is 0 Å². The second-order valence-corrected chi connectivity index (χ2v) is 5.96. The summed E-state index contributed by atoms with van der Waals surface area (Å²) in [5.74, 6) is 1.24. The summed E-state index contributed by atoms with van der Waals surface area (Å²) in [6.07, 6.45) is 5.45. The Morgan fingerprint density at radius 1 is 1.00 bits per heavy atom. The molecule has 2 aromatic carbocycles. The third-order valence-electron chi connectivity index (χ3n) is 4.00. The molecule has 0 unspecified atom stereocenters. The predicted molar refractivity (Wildman–Crippen MR) is 109 cm³/mol. The van der Waals surface area contributed by atoms with Crippen molar-refractivity contribution in [2.24, 2.45) is 0 Å². The van der Waals surface area contributed by atoms with Crippen LogP contribution in [0.5, 0.6) is 11.6 Å². The number of benzene rings is 2. The lowest BCUT2D eigenvalue weighted by Gasteiger charge is -2.09. The molecule has 1 aromatic heterocycles. The monoisotopic (exact) mass is 375 g/mol. The minimum Gasteiger partial charge on any atom is -0.497 e. The number of amides is 1. The molecule has 0 saturated heterocycles. The number of hydrogen-bond acceptors (Lipinski definition) is 5. The third-order valence-corrected chi connectivity index (χ3v) is 4.00. The topological polar surface area (TPSA) is 73.3 Å². The largest absolute Gasteiger partial charge is 0.497 e. The molecule has 0 aliphatic carbocycles. The van der Waals surface area contributed by atoms with E-state index in [1.807, 2.05) is 66.7 Å². The number of nitrogens with one attached hydrogen (secondary N) is 1. The highest BCUT2D eigenvalue weighted by Crippen LogP contribution is 2.18. The molecule has 28 heavy (non-hydrogen) atoms. The standard InChI is InChI=1S/C22H21N3O3/c1-27-18-11-8-17(9-12-18)14-20(26)24-22-19(23-15-21(25-22)28-2)13-10-16-6-4-3-5-7-16/h3-13,15H,14H2,1-2H3,(H,24,25,26)/b13-10-. The summed E-state index contributed by atoms with van der Waals surface area (Å²) in [5.41, 5.74) is 2.44. The smallest absolute Gasteiger partial charge is 0.234 e. The van der Waals surface area contributed by atoms with Gasteiger partial charge in [-0.2, -0.15) is 4.98 Å². The maximum atomic E-state index is 12.5. The Balaban J connectivity index is 1.76. The van der Waals surface area contributed by atoms with Gasteiger partial charge < -0.3 is 14.8 Å². The predicted octanol–water partition coefficient (Wildman–Crippen LogP) is 3.85. The maximum Gasteiger partial charge on any atom is 0.234 e. The molecular weight excluding hydrogens is 354 g/mol. The molecule has 1 N–H and O–H groups in total. The first-order chi connectivity index (χ1) is 13.7. The van der Waals surface area contributed by atoms with E-state index >= 15 is 0 Å². The highest BCUT2D eigenvalue weighted by atomic mass is 16.5. The van der Waals surface area contributed by atoms with E-state index in [4.69, 9.17) is 9.47 Å². The number of carbonyl (C=O) groups is 1. The van der Waals surface area contributed by atoms with Crippen molar-refractivity contribution in [3.8, 4) is 11.6 Å². The van der Waals surface area contributed by atoms with Crippen LogP contribution in [-0.2, 0) is 11.2 Å². The molecule has 0 aliphatic rings. The van der Waals surface area contributed by atoms with Crippen LogP contribution in [0.2, 0.25) is 0 Å². The third kappa shape index (κ3) is 5.17. The Kier molecular flexibility index (Phi) is 6.36. The molecule has 0 bridgehead atoms. The molecule has 1 amide bonds. The zero-order chi connectivity index (χ0) is 19.8. The average molecular weight is 375 g/mol. The van der Waals surface area contributed by atoms with Crippen LogP contribution in [0.25, 0.3) is 12.2 Å². The van der Waals surface area contributed by atoms with Crippen LogP contribution in [0, 0.1) is 0 Å². The number of methoxy groups -OCH3 is 2.